The molecule has 5 nitrogen and oxygen atoms in total. The maximum atomic E-state index is 12.8. The third kappa shape index (κ3) is 4.35. The van der Waals surface area contributed by atoms with Crippen molar-refractivity contribution in [2.45, 2.75) is 26.3 Å². The van der Waals surface area contributed by atoms with Crippen LogP contribution in [0.3, 0.4) is 0 Å². The van der Waals surface area contributed by atoms with E-state index in [4.69, 9.17) is 4.74 Å². The van der Waals surface area contributed by atoms with Crippen molar-refractivity contribution in [2.75, 3.05) is 6.61 Å². The van der Waals surface area contributed by atoms with E-state index in [0.717, 1.165) is 35.6 Å². The maximum absolute atomic E-state index is 12.8. The lowest BCUT2D eigenvalue weighted by atomic mass is 10.1. The van der Waals surface area contributed by atoms with E-state index >= 15 is 0 Å². The quantitative estimate of drug-likeness (QED) is 0.698. The van der Waals surface area contributed by atoms with Crippen LogP contribution in [0.5, 0.6) is 5.75 Å². The molecule has 2 aliphatic heterocycles. The molecule has 0 atom stereocenters. The minimum atomic E-state index is -0.317. The van der Waals surface area contributed by atoms with E-state index in [-0.39, 0.29) is 5.91 Å². The first-order chi connectivity index (χ1) is 14.2. The van der Waals surface area contributed by atoms with Crippen molar-refractivity contribution >= 4 is 17.6 Å². The first-order valence-electron chi connectivity index (χ1n) is 9.89. The molecule has 146 valence electrons. The SMILES string of the molecule is CCCCOc1ccc(C(=O)N=C2N=C3C=CC=CN3Cc3ccccc32)cc1. The predicted molar refractivity (Wildman–Crippen MR) is 115 cm³/mol. The van der Waals surface area contributed by atoms with Crippen molar-refractivity contribution < 1.29 is 9.53 Å². The van der Waals surface area contributed by atoms with Crippen molar-refractivity contribution in [1.29, 1.82) is 0 Å². The van der Waals surface area contributed by atoms with Gasteiger partial charge in [0.1, 0.15) is 11.6 Å². The van der Waals surface area contributed by atoms with Crippen molar-refractivity contribution in [2.24, 2.45) is 9.98 Å². The van der Waals surface area contributed by atoms with Gasteiger partial charge in [-0.2, -0.15) is 4.99 Å². The highest BCUT2D eigenvalue weighted by Crippen LogP contribution is 2.21. The second-order valence-corrected chi connectivity index (χ2v) is 6.92. The second-order valence-electron chi connectivity index (χ2n) is 6.92. The average Bonchev–Trinajstić information content (AvgIpc) is 2.91. The molecule has 0 bridgehead atoms. The summed E-state index contributed by atoms with van der Waals surface area (Å²) in [6.45, 7) is 3.49. The Morgan fingerprint density at radius 3 is 2.79 bits per heavy atom. The predicted octanol–water partition coefficient (Wildman–Crippen LogP) is 4.75. The molecule has 2 aromatic rings. The van der Waals surface area contributed by atoms with E-state index in [0.29, 0.717) is 24.6 Å². The normalized spacial score (nSPS) is 16.1. The zero-order valence-electron chi connectivity index (χ0n) is 16.4. The van der Waals surface area contributed by atoms with Gasteiger partial charge in [-0.05, 0) is 48.4 Å². The average molecular weight is 385 g/mol. The topological polar surface area (TPSA) is 54.3 Å². The van der Waals surface area contributed by atoms with Gasteiger partial charge in [0.2, 0.25) is 0 Å². The molecule has 29 heavy (non-hydrogen) atoms. The minimum Gasteiger partial charge on any atom is -0.494 e. The van der Waals surface area contributed by atoms with Gasteiger partial charge < -0.3 is 9.64 Å². The molecule has 0 spiro atoms. The number of rotatable bonds is 5. The molecule has 0 N–H and O–H groups in total. The summed E-state index contributed by atoms with van der Waals surface area (Å²) in [6, 6.07) is 15.1. The third-order valence-corrected chi connectivity index (χ3v) is 4.81. The van der Waals surface area contributed by atoms with Crippen LogP contribution < -0.4 is 4.74 Å². The monoisotopic (exact) mass is 385 g/mol. The molecule has 4 rings (SSSR count). The number of ether oxygens (including phenoxy) is 1. The molecule has 2 aliphatic rings. The van der Waals surface area contributed by atoms with Gasteiger partial charge in [0.25, 0.3) is 5.91 Å². The Hall–Kier alpha value is -3.47. The Morgan fingerprint density at radius 2 is 1.97 bits per heavy atom. The van der Waals surface area contributed by atoms with Crippen molar-refractivity contribution in [1.82, 2.24) is 4.90 Å². The fourth-order valence-electron chi connectivity index (χ4n) is 3.21. The van der Waals surface area contributed by atoms with Gasteiger partial charge in [-0.15, -0.1) is 0 Å². The van der Waals surface area contributed by atoms with Crippen LogP contribution in [-0.2, 0) is 6.54 Å². The molecule has 2 heterocycles. The number of fused-ring (bicyclic) bond motifs is 2. The minimum absolute atomic E-state index is 0.317. The number of allylic oxidation sites excluding steroid dienone is 2. The van der Waals surface area contributed by atoms with Gasteiger partial charge in [0, 0.05) is 23.9 Å². The summed E-state index contributed by atoms with van der Waals surface area (Å²) in [4.78, 5) is 23.9. The summed E-state index contributed by atoms with van der Waals surface area (Å²) in [5.74, 6) is 1.65. The van der Waals surface area contributed by atoms with Crippen LogP contribution in [0, 0.1) is 0 Å². The van der Waals surface area contributed by atoms with E-state index in [9.17, 15) is 4.79 Å². The van der Waals surface area contributed by atoms with Gasteiger partial charge in [0.15, 0.2) is 5.84 Å². The number of carbonyl (C=O) groups excluding carboxylic acids is 1. The highest BCUT2D eigenvalue weighted by Gasteiger charge is 2.20. The van der Waals surface area contributed by atoms with E-state index in [1.165, 1.54) is 0 Å². The van der Waals surface area contributed by atoms with Crippen LogP contribution in [0.25, 0.3) is 0 Å². The number of hydrogen-bond donors (Lipinski definition) is 0. The van der Waals surface area contributed by atoms with Gasteiger partial charge >= 0.3 is 0 Å². The van der Waals surface area contributed by atoms with Crippen LogP contribution in [0.15, 0.2) is 82.9 Å². The van der Waals surface area contributed by atoms with Crippen molar-refractivity contribution in [3.63, 3.8) is 0 Å². The molecule has 0 aliphatic carbocycles. The molecule has 1 amide bonds. The maximum Gasteiger partial charge on any atom is 0.279 e. The first kappa shape index (κ1) is 18.9. The Balaban J connectivity index is 1.62. The lowest BCUT2D eigenvalue weighted by Crippen LogP contribution is -2.24. The number of nitrogens with zero attached hydrogens (tertiary/aromatic N) is 3. The van der Waals surface area contributed by atoms with E-state index < -0.39 is 0 Å². The molecule has 2 aromatic carbocycles. The lowest BCUT2D eigenvalue weighted by Gasteiger charge is -2.20. The van der Waals surface area contributed by atoms with Crippen molar-refractivity contribution in [3.05, 3.63) is 89.6 Å². The molecule has 0 radical (unpaired) electrons. The van der Waals surface area contributed by atoms with Gasteiger partial charge in [-0.25, -0.2) is 4.99 Å². The summed E-state index contributed by atoms with van der Waals surface area (Å²) in [5, 5.41) is 0. The Labute approximate surface area is 170 Å². The number of carbonyl (C=O) groups is 1. The van der Waals surface area contributed by atoms with Crippen molar-refractivity contribution in [3.8, 4) is 5.75 Å². The summed E-state index contributed by atoms with van der Waals surface area (Å²) >= 11 is 0. The van der Waals surface area contributed by atoms with Crippen LogP contribution in [0.1, 0.15) is 41.3 Å². The third-order valence-electron chi connectivity index (χ3n) is 4.81. The molecule has 0 unspecified atom stereocenters. The number of amidine groups is 2. The standard InChI is InChI=1S/C24H23N3O2/c1-2-3-16-29-20-13-11-18(12-14-20)24(28)26-23-21-9-5-4-8-19(21)17-27-15-7-6-10-22(27)25-23/h4-15H,2-3,16-17H2,1H3. The number of unbranched alkanes of at least 4 members (excludes halogenated alkanes) is 1. The molecule has 0 saturated heterocycles. The molecular weight excluding hydrogens is 362 g/mol. The lowest BCUT2D eigenvalue weighted by molar-refractivity contribution is 0.100. The van der Waals surface area contributed by atoms with Crippen LogP contribution >= 0.6 is 0 Å². The van der Waals surface area contributed by atoms with E-state index in [1.807, 2.05) is 65.7 Å². The number of hydrogen-bond acceptors (Lipinski definition) is 3. The molecule has 0 saturated carbocycles. The molecule has 5 heteroatoms. The Bertz CT molecular complexity index is 1020. The Morgan fingerprint density at radius 1 is 1.14 bits per heavy atom. The van der Waals surface area contributed by atoms with Crippen LogP contribution in [-0.4, -0.2) is 29.1 Å². The molecular formula is C24H23N3O2. The fourth-order valence-corrected chi connectivity index (χ4v) is 3.21. The van der Waals surface area contributed by atoms with Gasteiger partial charge in [-0.3, -0.25) is 4.79 Å². The summed E-state index contributed by atoms with van der Waals surface area (Å²) in [7, 11) is 0. The van der Waals surface area contributed by atoms with Gasteiger partial charge in [0.05, 0.1) is 6.61 Å². The summed E-state index contributed by atoms with van der Waals surface area (Å²) < 4.78 is 5.66. The molecule has 0 aromatic heterocycles. The zero-order valence-corrected chi connectivity index (χ0v) is 16.4. The molecule has 0 fully saturated rings. The fraction of sp³-hybridized carbons (Fsp3) is 0.208. The Kier molecular flexibility index (Phi) is 5.66. The van der Waals surface area contributed by atoms with E-state index in [1.54, 1.807) is 12.1 Å². The first-order valence-corrected chi connectivity index (χ1v) is 9.89. The van der Waals surface area contributed by atoms with Gasteiger partial charge in [-0.1, -0.05) is 43.7 Å². The summed E-state index contributed by atoms with van der Waals surface area (Å²) in [5.41, 5.74) is 2.47. The number of aliphatic imine (C=N–C) groups is 2. The highest BCUT2D eigenvalue weighted by molar-refractivity contribution is 6.16. The smallest absolute Gasteiger partial charge is 0.279 e. The highest BCUT2D eigenvalue weighted by atomic mass is 16.5. The number of benzene rings is 2. The second kappa shape index (κ2) is 8.69. The largest absolute Gasteiger partial charge is 0.494 e. The zero-order chi connectivity index (χ0) is 20.1. The van der Waals surface area contributed by atoms with Crippen LogP contribution in [0.4, 0.5) is 0 Å². The van der Waals surface area contributed by atoms with Crippen LogP contribution in [0.2, 0.25) is 0 Å². The summed E-state index contributed by atoms with van der Waals surface area (Å²) in [6.07, 6.45) is 9.90. The number of amides is 1. The van der Waals surface area contributed by atoms with E-state index in [2.05, 4.69) is 16.9 Å².